The fourth-order valence-corrected chi connectivity index (χ4v) is 2.48. The molecule has 1 atom stereocenters. The number of hydrogen-bond acceptors (Lipinski definition) is 4. The molecule has 0 N–H and O–H groups in total. The van der Waals surface area contributed by atoms with Gasteiger partial charge in [-0.15, -0.1) is 0 Å². The van der Waals surface area contributed by atoms with Crippen LogP contribution in [0.25, 0.3) is 0 Å². The molecule has 0 unspecified atom stereocenters. The quantitative estimate of drug-likeness (QED) is 0.772. The first kappa shape index (κ1) is 19.0. The Hall–Kier alpha value is -2.34. The minimum absolute atomic E-state index is 0.155. The molecule has 0 saturated carbocycles. The van der Waals surface area contributed by atoms with Crippen molar-refractivity contribution < 1.29 is 13.9 Å². The number of carbonyl (C=O) groups excluding carboxylic acids is 1. The van der Waals surface area contributed by atoms with E-state index in [0.717, 1.165) is 0 Å². The predicted molar refractivity (Wildman–Crippen MR) is 93.7 cm³/mol. The molecule has 1 aromatic heterocycles. The van der Waals surface area contributed by atoms with Crippen molar-refractivity contribution in [1.82, 2.24) is 14.9 Å². The molecule has 1 heterocycles. The highest BCUT2D eigenvalue weighted by molar-refractivity contribution is 5.93. The first-order valence-electron chi connectivity index (χ1n) is 8.29. The summed E-state index contributed by atoms with van der Waals surface area (Å²) >= 11 is 0. The lowest BCUT2D eigenvalue weighted by molar-refractivity contribution is 0.0538. The molecule has 1 aromatic carbocycles. The maximum Gasteiger partial charge on any atom is 0.257 e. The maximum absolute atomic E-state index is 14.0. The van der Waals surface area contributed by atoms with Crippen LogP contribution < -0.4 is 0 Å². The Morgan fingerprint density at radius 2 is 1.84 bits per heavy atom. The van der Waals surface area contributed by atoms with Crippen molar-refractivity contribution in [1.29, 1.82) is 0 Å². The van der Waals surface area contributed by atoms with Gasteiger partial charge in [-0.25, -0.2) is 14.4 Å². The maximum atomic E-state index is 14.0. The van der Waals surface area contributed by atoms with Crippen molar-refractivity contribution in [2.75, 3.05) is 13.7 Å². The number of ether oxygens (including phenoxy) is 1. The zero-order valence-corrected chi connectivity index (χ0v) is 15.1. The minimum atomic E-state index is -0.337. The monoisotopic (exact) mass is 345 g/mol. The third-order valence-electron chi connectivity index (χ3n) is 3.93. The number of amides is 1. The van der Waals surface area contributed by atoms with Crippen LogP contribution in [0, 0.1) is 5.82 Å². The normalized spacial score (nSPS) is 12.2. The van der Waals surface area contributed by atoms with Gasteiger partial charge in [0.25, 0.3) is 5.91 Å². The van der Waals surface area contributed by atoms with Crippen molar-refractivity contribution in [3.8, 4) is 0 Å². The van der Waals surface area contributed by atoms with Gasteiger partial charge in [0.1, 0.15) is 11.6 Å². The summed E-state index contributed by atoms with van der Waals surface area (Å²) in [7, 11) is 1.57. The van der Waals surface area contributed by atoms with E-state index in [4.69, 9.17) is 4.74 Å². The number of halogens is 1. The summed E-state index contributed by atoms with van der Waals surface area (Å²) < 4.78 is 19.2. The highest BCUT2D eigenvalue weighted by Gasteiger charge is 2.23. The van der Waals surface area contributed by atoms with Gasteiger partial charge < -0.3 is 9.64 Å². The number of methoxy groups -OCH3 is 1. The SMILES string of the molecule is COC[C@@H](C)N(Cc1ccccc1F)C(=O)c1cnc(C(C)C)nc1. The second-order valence-electron chi connectivity index (χ2n) is 6.31. The number of aromatic nitrogens is 2. The Kier molecular flexibility index (Phi) is 6.58. The smallest absolute Gasteiger partial charge is 0.257 e. The molecular formula is C19H24FN3O2. The van der Waals surface area contributed by atoms with E-state index in [-0.39, 0.29) is 30.2 Å². The summed E-state index contributed by atoms with van der Waals surface area (Å²) in [6.07, 6.45) is 3.05. The van der Waals surface area contributed by atoms with Gasteiger partial charge in [0.15, 0.2) is 0 Å². The summed E-state index contributed by atoms with van der Waals surface area (Å²) in [4.78, 5) is 23.0. The standard InChI is InChI=1S/C19H24FN3O2/c1-13(2)18-21-9-16(10-22-18)19(24)23(14(3)12-25-4)11-15-7-5-6-8-17(15)20/h5-10,13-14H,11-12H2,1-4H3/t14-/m1/s1. The number of rotatable bonds is 7. The van der Waals surface area contributed by atoms with Crippen molar-refractivity contribution in [3.05, 3.63) is 59.4 Å². The molecule has 1 amide bonds. The molecule has 0 aliphatic rings. The van der Waals surface area contributed by atoms with E-state index in [1.54, 1.807) is 30.2 Å². The average molecular weight is 345 g/mol. The van der Waals surface area contributed by atoms with E-state index in [1.807, 2.05) is 20.8 Å². The molecule has 5 nitrogen and oxygen atoms in total. The van der Waals surface area contributed by atoms with Crippen LogP contribution in [0.15, 0.2) is 36.7 Å². The van der Waals surface area contributed by atoms with Gasteiger partial charge >= 0.3 is 0 Å². The van der Waals surface area contributed by atoms with Crippen LogP contribution in [-0.4, -0.2) is 40.5 Å². The van der Waals surface area contributed by atoms with Gasteiger partial charge in [0, 0.05) is 37.5 Å². The van der Waals surface area contributed by atoms with Crippen LogP contribution in [0.4, 0.5) is 4.39 Å². The first-order chi connectivity index (χ1) is 11.9. The lowest BCUT2D eigenvalue weighted by Gasteiger charge is -2.29. The third kappa shape index (κ3) is 4.82. The van der Waals surface area contributed by atoms with Crippen molar-refractivity contribution in [2.45, 2.75) is 39.3 Å². The van der Waals surface area contributed by atoms with Gasteiger partial charge in [-0.3, -0.25) is 4.79 Å². The van der Waals surface area contributed by atoms with Crippen molar-refractivity contribution >= 4 is 5.91 Å². The molecule has 2 aromatic rings. The average Bonchev–Trinajstić information content (AvgIpc) is 2.60. The van der Waals surface area contributed by atoms with Crippen LogP contribution >= 0.6 is 0 Å². The van der Waals surface area contributed by atoms with Crippen LogP contribution in [0.5, 0.6) is 0 Å². The van der Waals surface area contributed by atoms with Gasteiger partial charge in [-0.2, -0.15) is 0 Å². The molecule has 0 saturated heterocycles. The van der Waals surface area contributed by atoms with E-state index in [0.29, 0.717) is 23.6 Å². The summed E-state index contributed by atoms with van der Waals surface area (Å²) in [6, 6.07) is 6.22. The van der Waals surface area contributed by atoms with Gasteiger partial charge in [0.05, 0.1) is 18.2 Å². The molecular weight excluding hydrogens is 321 g/mol. The number of nitrogens with zero attached hydrogens (tertiary/aromatic N) is 3. The molecule has 25 heavy (non-hydrogen) atoms. The highest BCUT2D eigenvalue weighted by atomic mass is 19.1. The van der Waals surface area contributed by atoms with E-state index >= 15 is 0 Å². The third-order valence-corrected chi connectivity index (χ3v) is 3.93. The molecule has 0 aliphatic carbocycles. The van der Waals surface area contributed by atoms with Gasteiger partial charge in [0.2, 0.25) is 0 Å². The Bertz CT molecular complexity index is 704. The molecule has 2 rings (SSSR count). The van der Waals surface area contributed by atoms with Crippen molar-refractivity contribution in [2.24, 2.45) is 0 Å². The second kappa shape index (κ2) is 8.67. The fourth-order valence-electron chi connectivity index (χ4n) is 2.48. The lowest BCUT2D eigenvalue weighted by Crippen LogP contribution is -2.41. The lowest BCUT2D eigenvalue weighted by atomic mass is 10.1. The fraction of sp³-hybridized carbons (Fsp3) is 0.421. The zero-order valence-electron chi connectivity index (χ0n) is 15.1. The predicted octanol–water partition coefficient (Wildman–Crippen LogP) is 3.42. The van der Waals surface area contributed by atoms with Gasteiger partial charge in [-0.05, 0) is 13.0 Å². The number of hydrogen-bond donors (Lipinski definition) is 0. The summed E-state index contributed by atoms with van der Waals surface area (Å²) in [5.74, 6) is 0.285. The van der Waals surface area contributed by atoms with Gasteiger partial charge in [-0.1, -0.05) is 32.0 Å². The van der Waals surface area contributed by atoms with E-state index < -0.39 is 0 Å². The Labute approximate surface area is 147 Å². The van der Waals surface area contributed by atoms with Crippen LogP contribution in [-0.2, 0) is 11.3 Å². The minimum Gasteiger partial charge on any atom is -0.383 e. The Morgan fingerprint density at radius 1 is 1.20 bits per heavy atom. The molecule has 0 radical (unpaired) electrons. The molecule has 6 heteroatoms. The topological polar surface area (TPSA) is 55.3 Å². The van der Waals surface area contributed by atoms with E-state index in [2.05, 4.69) is 9.97 Å². The Balaban J connectivity index is 2.27. The molecule has 0 bridgehead atoms. The van der Waals surface area contributed by atoms with Crippen molar-refractivity contribution in [3.63, 3.8) is 0 Å². The van der Waals surface area contributed by atoms with Crippen LogP contribution in [0.3, 0.4) is 0 Å². The van der Waals surface area contributed by atoms with Crippen LogP contribution in [0.2, 0.25) is 0 Å². The zero-order chi connectivity index (χ0) is 18.4. The molecule has 0 aliphatic heterocycles. The number of benzene rings is 1. The van der Waals surface area contributed by atoms with Crippen LogP contribution in [0.1, 0.15) is 48.4 Å². The summed E-state index contributed by atoms with van der Waals surface area (Å²) in [5.41, 5.74) is 0.835. The largest absolute Gasteiger partial charge is 0.383 e. The molecule has 134 valence electrons. The molecule has 0 spiro atoms. The highest BCUT2D eigenvalue weighted by Crippen LogP contribution is 2.16. The Morgan fingerprint density at radius 3 is 2.40 bits per heavy atom. The second-order valence-corrected chi connectivity index (χ2v) is 6.31. The summed E-state index contributed by atoms with van der Waals surface area (Å²) in [6.45, 7) is 6.35. The first-order valence-corrected chi connectivity index (χ1v) is 8.29. The number of carbonyl (C=O) groups is 1. The van der Waals surface area contributed by atoms with E-state index in [1.165, 1.54) is 18.5 Å². The summed E-state index contributed by atoms with van der Waals surface area (Å²) in [5, 5.41) is 0. The van der Waals surface area contributed by atoms with E-state index in [9.17, 15) is 9.18 Å². The molecule has 0 fully saturated rings.